The van der Waals surface area contributed by atoms with Gasteiger partial charge in [-0.2, -0.15) is 0 Å². The molecule has 2 heterocycles. The summed E-state index contributed by atoms with van der Waals surface area (Å²) in [5.41, 5.74) is 2.00. The standard InChI is InChI=1S/C27H26Br2N2O6S/c1-6-36-20-11-15(10-18(29)24(20)35-5)12-21-25(32)31-23(16-8-9-19(34-4)17(28)13-16)22(26(33)37-7-2)14(3)30-27(31)38-21/h8-13,23H,6-7H2,1-5H3/b21-12+/t23-/m1/s1. The lowest BCUT2D eigenvalue weighted by atomic mass is 9.96. The van der Waals surface area contributed by atoms with Crippen molar-refractivity contribution in [3.63, 3.8) is 0 Å². The molecule has 1 aliphatic rings. The first-order valence-corrected chi connectivity index (χ1v) is 14.2. The summed E-state index contributed by atoms with van der Waals surface area (Å²) in [6.07, 6.45) is 1.78. The highest BCUT2D eigenvalue weighted by Crippen LogP contribution is 2.37. The van der Waals surface area contributed by atoms with Crippen LogP contribution >= 0.6 is 43.2 Å². The molecule has 1 atom stereocenters. The zero-order valence-electron chi connectivity index (χ0n) is 21.5. The molecule has 2 aromatic carbocycles. The van der Waals surface area contributed by atoms with Gasteiger partial charge in [-0.05, 0) is 94.1 Å². The van der Waals surface area contributed by atoms with Gasteiger partial charge in [-0.1, -0.05) is 17.4 Å². The van der Waals surface area contributed by atoms with Crippen molar-refractivity contribution in [3.05, 3.63) is 81.4 Å². The van der Waals surface area contributed by atoms with Gasteiger partial charge in [0.05, 0.1) is 58.2 Å². The second-order valence-corrected chi connectivity index (χ2v) is 10.9. The number of esters is 1. The Morgan fingerprint density at radius 1 is 1.08 bits per heavy atom. The minimum atomic E-state index is -0.726. The van der Waals surface area contributed by atoms with Crippen LogP contribution in [0.15, 0.2) is 60.3 Å². The lowest BCUT2D eigenvalue weighted by Crippen LogP contribution is -2.40. The van der Waals surface area contributed by atoms with Crippen molar-refractivity contribution >= 4 is 55.2 Å². The molecule has 0 aliphatic carbocycles. The van der Waals surface area contributed by atoms with Gasteiger partial charge in [-0.15, -0.1) is 0 Å². The Morgan fingerprint density at radius 3 is 2.47 bits per heavy atom. The van der Waals surface area contributed by atoms with E-state index in [1.165, 1.54) is 11.3 Å². The summed E-state index contributed by atoms with van der Waals surface area (Å²) in [6.45, 7) is 6.05. The van der Waals surface area contributed by atoms with Gasteiger partial charge in [0.25, 0.3) is 5.56 Å². The summed E-state index contributed by atoms with van der Waals surface area (Å²) < 4.78 is 25.3. The number of methoxy groups -OCH3 is 2. The Kier molecular flexibility index (Phi) is 8.79. The van der Waals surface area contributed by atoms with Crippen LogP contribution in [0, 0.1) is 0 Å². The highest BCUT2D eigenvalue weighted by Gasteiger charge is 2.33. The lowest BCUT2D eigenvalue weighted by molar-refractivity contribution is -0.139. The summed E-state index contributed by atoms with van der Waals surface area (Å²) in [5, 5.41) is 0. The summed E-state index contributed by atoms with van der Waals surface area (Å²) in [7, 11) is 3.15. The fourth-order valence-corrected chi connectivity index (χ4v) is 6.47. The van der Waals surface area contributed by atoms with Gasteiger partial charge in [0.2, 0.25) is 0 Å². The fourth-order valence-electron chi connectivity index (χ4n) is 4.24. The maximum Gasteiger partial charge on any atom is 0.338 e. The molecule has 4 rings (SSSR count). The molecule has 0 unspecified atom stereocenters. The maximum absolute atomic E-state index is 13.9. The molecule has 0 saturated carbocycles. The van der Waals surface area contributed by atoms with E-state index in [9.17, 15) is 9.59 Å². The SMILES string of the molecule is CCOC(=O)C1=C(C)N=c2s/c(=C/c3cc(Br)c(OC)c(OCC)c3)c(=O)n2[C@@H]1c1ccc(OC)c(Br)c1. The van der Waals surface area contributed by atoms with Crippen molar-refractivity contribution in [3.8, 4) is 17.2 Å². The summed E-state index contributed by atoms with van der Waals surface area (Å²) >= 11 is 8.30. The van der Waals surface area contributed by atoms with Gasteiger partial charge in [0.1, 0.15) is 5.75 Å². The predicted octanol–water partition coefficient (Wildman–Crippen LogP) is 4.74. The molecular formula is C27H26Br2N2O6S. The van der Waals surface area contributed by atoms with Crippen molar-refractivity contribution < 1.29 is 23.7 Å². The predicted molar refractivity (Wildman–Crippen MR) is 153 cm³/mol. The van der Waals surface area contributed by atoms with E-state index in [-0.39, 0.29) is 12.2 Å². The number of benzene rings is 2. The molecule has 11 heteroatoms. The number of fused-ring (bicyclic) bond motifs is 1. The largest absolute Gasteiger partial charge is 0.496 e. The number of hydrogen-bond donors (Lipinski definition) is 0. The Labute approximate surface area is 240 Å². The van der Waals surface area contributed by atoms with E-state index in [0.29, 0.717) is 59.0 Å². The van der Waals surface area contributed by atoms with Crippen molar-refractivity contribution in [1.29, 1.82) is 0 Å². The molecule has 1 aromatic heterocycles. The number of halogens is 2. The molecule has 1 aliphatic heterocycles. The van der Waals surface area contributed by atoms with Gasteiger partial charge in [-0.25, -0.2) is 9.79 Å². The number of rotatable bonds is 8. The minimum Gasteiger partial charge on any atom is -0.496 e. The fraction of sp³-hybridized carbons (Fsp3) is 0.296. The zero-order valence-corrected chi connectivity index (χ0v) is 25.5. The quantitative estimate of drug-likeness (QED) is 0.323. The zero-order chi connectivity index (χ0) is 27.6. The van der Waals surface area contributed by atoms with Crippen molar-refractivity contribution in [2.75, 3.05) is 27.4 Å². The van der Waals surface area contributed by atoms with Crippen LogP contribution in [0.25, 0.3) is 6.08 Å². The Bertz CT molecular complexity index is 1610. The van der Waals surface area contributed by atoms with E-state index < -0.39 is 12.0 Å². The van der Waals surface area contributed by atoms with Crippen LogP contribution < -0.4 is 29.1 Å². The second kappa shape index (κ2) is 11.9. The molecule has 0 bridgehead atoms. The van der Waals surface area contributed by atoms with Crippen LogP contribution in [0.4, 0.5) is 0 Å². The van der Waals surface area contributed by atoms with Crippen molar-refractivity contribution in [2.45, 2.75) is 26.8 Å². The van der Waals surface area contributed by atoms with Crippen LogP contribution in [-0.2, 0) is 9.53 Å². The molecule has 38 heavy (non-hydrogen) atoms. The smallest absolute Gasteiger partial charge is 0.338 e. The number of thiazole rings is 1. The molecule has 0 amide bonds. The molecule has 0 N–H and O–H groups in total. The first-order valence-electron chi connectivity index (χ1n) is 11.8. The van der Waals surface area contributed by atoms with Gasteiger partial charge in [0.15, 0.2) is 16.3 Å². The normalized spacial score (nSPS) is 15.1. The Morgan fingerprint density at radius 2 is 1.84 bits per heavy atom. The minimum absolute atomic E-state index is 0.202. The number of nitrogens with zero attached hydrogens (tertiary/aromatic N) is 2. The molecule has 0 spiro atoms. The van der Waals surface area contributed by atoms with Crippen LogP contribution in [0.2, 0.25) is 0 Å². The molecule has 0 saturated heterocycles. The molecule has 0 radical (unpaired) electrons. The monoisotopic (exact) mass is 664 g/mol. The molecule has 8 nitrogen and oxygen atoms in total. The summed E-state index contributed by atoms with van der Waals surface area (Å²) in [4.78, 5) is 32.1. The van der Waals surface area contributed by atoms with Crippen LogP contribution in [0.3, 0.4) is 0 Å². The maximum atomic E-state index is 13.9. The number of carbonyl (C=O) groups is 1. The number of hydrogen-bond acceptors (Lipinski definition) is 8. The Hall–Kier alpha value is -2.89. The van der Waals surface area contributed by atoms with Crippen molar-refractivity contribution in [1.82, 2.24) is 4.57 Å². The molecule has 3 aromatic rings. The number of allylic oxidation sites excluding steroid dienone is 1. The molecule has 200 valence electrons. The summed E-state index contributed by atoms with van der Waals surface area (Å²) in [5.74, 6) is 1.25. The highest BCUT2D eigenvalue weighted by molar-refractivity contribution is 9.11. The van der Waals surface area contributed by atoms with Gasteiger partial charge in [-0.3, -0.25) is 9.36 Å². The highest BCUT2D eigenvalue weighted by atomic mass is 79.9. The van der Waals surface area contributed by atoms with Crippen LogP contribution in [0.1, 0.15) is 37.9 Å². The third kappa shape index (κ3) is 5.32. The lowest BCUT2D eigenvalue weighted by Gasteiger charge is -2.25. The van der Waals surface area contributed by atoms with E-state index in [2.05, 4.69) is 36.9 Å². The first kappa shape index (κ1) is 28.1. The molecular weight excluding hydrogens is 640 g/mol. The first-order chi connectivity index (χ1) is 18.2. The van der Waals surface area contributed by atoms with E-state index in [0.717, 1.165) is 5.56 Å². The van der Waals surface area contributed by atoms with E-state index >= 15 is 0 Å². The topological polar surface area (TPSA) is 88.4 Å². The number of ether oxygens (including phenoxy) is 4. The van der Waals surface area contributed by atoms with E-state index in [1.54, 1.807) is 44.8 Å². The number of aromatic nitrogens is 1. The summed E-state index contributed by atoms with van der Waals surface area (Å²) in [6, 6.07) is 8.41. The number of carbonyl (C=O) groups excluding carboxylic acids is 1. The molecule has 0 fully saturated rings. The van der Waals surface area contributed by atoms with Crippen LogP contribution in [-0.4, -0.2) is 38.0 Å². The van der Waals surface area contributed by atoms with Gasteiger partial charge in [0, 0.05) is 0 Å². The third-order valence-corrected chi connectivity index (χ3v) is 8.03. The van der Waals surface area contributed by atoms with E-state index in [4.69, 9.17) is 18.9 Å². The second-order valence-electron chi connectivity index (χ2n) is 8.16. The Balaban J connectivity index is 1.95. The third-order valence-electron chi connectivity index (χ3n) is 5.84. The average molecular weight is 666 g/mol. The van der Waals surface area contributed by atoms with E-state index in [1.807, 2.05) is 31.2 Å². The van der Waals surface area contributed by atoms with Crippen molar-refractivity contribution in [2.24, 2.45) is 4.99 Å². The van der Waals surface area contributed by atoms with Gasteiger partial charge >= 0.3 is 5.97 Å². The van der Waals surface area contributed by atoms with Crippen LogP contribution in [0.5, 0.6) is 17.2 Å². The van der Waals surface area contributed by atoms with Gasteiger partial charge < -0.3 is 18.9 Å². The average Bonchev–Trinajstić information content (AvgIpc) is 3.17.